The molecule has 1 unspecified atom stereocenters. The second-order valence-corrected chi connectivity index (χ2v) is 8.62. The normalized spacial score (nSPS) is 15.6. The molecule has 1 aliphatic heterocycles. The molecule has 1 heterocycles. The number of carboxylic acids is 1. The minimum atomic E-state index is -4.89. The summed E-state index contributed by atoms with van der Waals surface area (Å²) in [6.45, 7) is 3.39. The minimum Gasteiger partial charge on any atom is -0.497 e. The molecule has 7 nitrogen and oxygen atoms in total. The quantitative estimate of drug-likeness (QED) is 0.266. The molecule has 2 atom stereocenters. The Morgan fingerprint density at radius 2 is 1.68 bits per heavy atom. The molecule has 0 saturated heterocycles. The van der Waals surface area contributed by atoms with Crippen LogP contribution in [-0.2, 0) is 4.79 Å². The fourth-order valence-electron chi connectivity index (χ4n) is 4.47. The summed E-state index contributed by atoms with van der Waals surface area (Å²) in [5.74, 6) is -1.75. The molecule has 198 valence electrons. The number of hydrogen-bond donors (Lipinski definition) is 1. The Morgan fingerprint density at radius 3 is 2.29 bits per heavy atom. The highest BCUT2D eigenvalue weighted by Gasteiger charge is 2.43. The fourth-order valence-corrected chi connectivity index (χ4v) is 4.47. The first-order chi connectivity index (χ1) is 18.0. The first-order valence-electron chi connectivity index (χ1n) is 11.7. The standard InChI is InChI=1S/C28H24F3NO6/c1-4-24(27(34)35)37-20-7-5-6-18(14-20)32-16(2)25(26(33)17-8-10-19(36-3)11-9-17)22-13-12-21(15-23(22)32)38-28(29,30)31/h5-15,24-25H,4H2,1-3H3/p+1/t24-,25?/m1/s1. The van der Waals surface area contributed by atoms with Crippen molar-refractivity contribution in [3.63, 3.8) is 0 Å². The Kier molecular flexibility index (Phi) is 7.43. The number of halogens is 3. The van der Waals surface area contributed by atoms with Gasteiger partial charge in [-0.3, -0.25) is 4.79 Å². The van der Waals surface area contributed by atoms with E-state index in [0.717, 1.165) is 0 Å². The Morgan fingerprint density at radius 1 is 1.00 bits per heavy atom. The number of alkyl halides is 3. The van der Waals surface area contributed by atoms with Gasteiger partial charge in [-0.1, -0.05) is 13.0 Å². The van der Waals surface area contributed by atoms with Gasteiger partial charge in [-0.15, -0.1) is 13.2 Å². The van der Waals surface area contributed by atoms with E-state index in [9.17, 15) is 27.9 Å². The highest BCUT2D eigenvalue weighted by molar-refractivity contribution is 6.20. The number of Topliss-reactive ketones (excluding diaryl/α,β-unsaturated/α-hetero) is 1. The molecule has 38 heavy (non-hydrogen) atoms. The molecule has 0 aromatic heterocycles. The summed E-state index contributed by atoms with van der Waals surface area (Å²) in [7, 11) is 1.51. The van der Waals surface area contributed by atoms with Gasteiger partial charge in [-0.05, 0) is 48.9 Å². The van der Waals surface area contributed by atoms with E-state index in [4.69, 9.17) is 9.47 Å². The van der Waals surface area contributed by atoms with Gasteiger partial charge in [0.25, 0.3) is 0 Å². The van der Waals surface area contributed by atoms with E-state index in [0.29, 0.717) is 34.0 Å². The number of hydrogen-bond acceptors (Lipinski definition) is 5. The number of carboxylic acid groups (broad SMARTS) is 1. The second kappa shape index (κ2) is 10.6. The maximum Gasteiger partial charge on any atom is 0.573 e. The molecule has 0 bridgehead atoms. The van der Waals surface area contributed by atoms with Crippen LogP contribution in [0.2, 0.25) is 0 Å². The maximum atomic E-state index is 13.6. The zero-order valence-electron chi connectivity index (χ0n) is 20.8. The van der Waals surface area contributed by atoms with Gasteiger partial charge in [-0.2, -0.15) is 4.58 Å². The molecule has 0 aliphatic carbocycles. The third-order valence-electron chi connectivity index (χ3n) is 6.19. The third kappa shape index (κ3) is 5.49. The predicted octanol–water partition coefficient (Wildman–Crippen LogP) is 6.11. The van der Waals surface area contributed by atoms with Crippen molar-refractivity contribution in [2.24, 2.45) is 0 Å². The number of nitrogens with zero attached hydrogens (tertiary/aromatic N) is 1. The molecular formula is C28H25F3NO6+. The van der Waals surface area contributed by atoms with Crippen LogP contribution < -0.4 is 18.8 Å². The van der Waals surface area contributed by atoms with Crippen LogP contribution >= 0.6 is 0 Å². The monoisotopic (exact) mass is 528 g/mol. The van der Waals surface area contributed by atoms with E-state index in [-0.39, 0.29) is 18.0 Å². The van der Waals surface area contributed by atoms with E-state index in [1.807, 2.05) is 0 Å². The molecule has 0 saturated carbocycles. The van der Waals surface area contributed by atoms with Crippen LogP contribution in [0.4, 0.5) is 24.5 Å². The highest BCUT2D eigenvalue weighted by Crippen LogP contribution is 2.42. The zero-order chi connectivity index (χ0) is 27.6. The Labute approximate surface area is 216 Å². The molecule has 0 radical (unpaired) electrons. The van der Waals surface area contributed by atoms with E-state index >= 15 is 0 Å². The van der Waals surface area contributed by atoms with Crippen molar-refractivity contribution < 1.29 is 42.1 Å². The summed E-state index contributed by atoms with van der Waals surface area (Å²) in [5, 5.41) is 9.36. The van der Waals surface area contributed by atoms with E-state index in [2.05, 4.69) is 4.74 Å². The smallest absolute Gasteiger partial charge is 0.497 e. The van der Waals surface area contributed by atoms with Gasteiger partial charge in [0.05, 0.1) is 19.2 Å². The number of rotatable bonds is 9. The lowest BCUT2D eigenvalue weighted by atomic mass is 9.88. The highest BCUT2D eigenvalue weighted by atomic mass is 19.4. The molecule has 0 amide bonds. The van der Waals surface area contributed by atoms with Gasteiger partial charge in [-0.25, -0.2) is 4.79 Å². The van der Waals surface area contributed by atoms with Crippen LogP contribution in [0, 0.1) is 0 Å². The van der Waals surface area contributed by atoms with Crippen LogP contribution in [0.25, 0.3) is 0 Å². The number of ether oxygens (including phenoxy) is 3. The molecule has 4 rings (SSSR count). The molecule has 3 aromatic carbocycles. The zero-order valence-corrected chi connectivity index (χ0v) is 20.8. The summed E-state index contributed by atoms with van der Waals surface area (Å²) in [4.78, 5) is 25.1. The van der Waals surface area contributed by atoms with Crippen molar-refractivity contribution in [3.05, 3.63) is 77.9 Å². The molecule has 1 N–H and O–H groups in total. The van der Waals surface area contributed by atoms with Crippen LogP contribution in [0.3, 0.4) is 0 Å². The lowest BCUT2D eigenvalue weighted by Crippen LogP contribution is -2.26. The number of aliphatic carboxylic acids is 1. The van der Waals surface area contributed by atoms with Gasteiger partial charge in [0, 0.05) is 24.1 Å². The van der Waals surface area contributed by atoms with Gasteiger partial charge in [0.15, 0.2) is 17.6 Å². The van der Waals surface area contributed by atoms with Crippen molar-refractivity contribution in [2.45, 2.75) is 38.7 Å². The summed E-state index contributed by atoms with van der Waals surface area (Å²) in [6.07, 6.45) is -5.74. The van der Waals surface area contributed by atoms with Gasteiger partial charge < -0.3 is 19.3 Å². The van der Waals surface area contributed by atoms with Crippen LogP contribution in [-0.4, -0.2) is 42.1 Å². The Bertz CT molecular complexity index is 1400. The van der Waals surface area contributed by atoms with Crippen LogP contribution in [0.15, 0.2) is 66.7 Å². The van der Waals surface area contributed by atoms with E-state index < -0.39 is 30.1 Å². The van der Waals surface area contributed by atoms with Gasteiger partial charge in [0.2, 0.25) is 11.4 Å². The summed E-state index contributed by atoms with van der Waals surface area (Å²) in [6, 6.07) is 16.9. The predicted molar refractivity (Wildman–Crippen MR) is 134 cm³/mol. The number of ketones is 1. The number of benzene rings is 3. The van der Waals surface area contributed by atoms with Crippen molar-refractivity contribution in [1.82, 2.24) is 4.58 Å². The molecule has 0 spiro atoms. The first-order valence-corrected chi connectivity index (χ1v) is 11.7. The molecule has 1 aliphatic rings. The average molecular weight is 529 g/mol. The van der Waals surface area contributed by atoms with Crippen molar-refractivity contribution in [3.8, 4) is 17.2 Å². The van der Waals surface area contributed by atoms with E-state index in [1.165, 1.54) is 25.3 Å². The van der Waals surface area contributed by atoms with Crippen molar-refractivity contribution in [1.29, 1.82) is 0 Å². The average Bonchev–Trinajstić information content (AvgIpc) is 3.16. The van der Waals surface area contributed by atoms with Crippen molar-refractivity contribution in [2.75, 3.05) is 7.11 Å². The lowest BCUT2D eigenvalue weighted by Gasteiger charge is -2.13. The minimum absolute atomic E-state index is 0.230. The first kappa shape index (κ1) is 26.7. The fraction of sp³-hybridized carbons (Fsp3) is 0.250. The molecule has 0 fully saturated rings. The molecular weight excluding hydrogens is 503 g/mol. The van der Waals surface area contributed by atoms with Gasteiger partial charge >= 0.3 is 12.3 Å². The number of carbonyl (C=O) groups is 2. The molecule has 10 heteroatoms. The van der Waals surface area contributed by atoms with Crippen LogP contribution in [0.1, 0.15) is 42.1 Å². The number of methoxy groups -OCH3 is 1. The van der Waals surface area contributed by atoms with Crippen molar-refractivity contribution >= 4 is 28.8 Å². The largest absolute Gasteiger partial charge is 0.573 e. The maximum absolute atomic E-state index is 13.6. The second-order valence-electron chi connectivity index (χ2n) is 8.62. The Hall–Kier alpha value is -4.34. The topological polar surface area (TPSA) is 85.1 Å². The van der Waals surface area contributed by atoms with E-state index in [1.54, 1.807) is 67.0 Å². The molecule has 3 aromatic rings. The van der Waals surface area contributed by atoms with Gasteiger partial charge in [0.1, 0.15) is 23.2 Å². The number of fused-ring (bicyclic) bond motifs is 1. The SMILES string of the molecule is CC[C@@H](Oc1cccc([N+]2=C(C)C(C(=O)c3ccc(OC)cc3)c3ccc(OC(F)(F)F)cc32)c1)C(=O)O. The van der Waals surface area contributed by atoms with Crippen LogP contribution in [0.5, 0.6) is 17.2 Å². The summed E-state index contributed by atoms with van der Waals surface area (Å²) >= 11 is 0. The third-order valence-corrected chi connectivity index (χ3v) is 6.19. The number of carbonyl (C=O) groups excluding carboxylic acids is 1. The summed E-state index contributed by atoms with van der Waals surface area (Å²) in [5.41, 5.74) is 2.27. The summed E-state index contributed by atoms with van der Waals surface area (Å²) < 4.78 is 55.5. The Balaban J connectivity index is 1.82. The lowest BCUT2D eigenvalue weighted by molar-refractivity contribution is -0.274.